The SMILES string of the molecule is COc1cccc(C(=O)N(C2CC2)C2CCN(C)CC2)c1. The van der Waals surface area contributed by atoms with Gasteiger partial charge in [0.25, 0.3) is 5.91 Å². The molecule has 1 aliphatic carbocycles. The van der Waals surface area contributed by atoms with Crippen molar-refractivity contribution in [3.05, 3.63) is 29.8 Å². The van der Waals surface area contributed by atoms with E-state index in [4.69, 9.17) is 4.74 Å². The van der Waals surface area contributed by atoms with E-state index >= 15 is 0 Å². The molecule has 2 fully saturated rings. The number of nitrogens with zero attached hydrogens (tertiary/aromatic N) is 2. The summed E-state index contributed by atoms with van der Waals surface area (Å²) in [6.45, 7) is 2.17. The van der Waals surface area contributed by atoms with Crippen LogP contribution in [0.1, 0.15) is 36.0 Å². The fourth-order valence-corrected chi connectivity index (χ4v) is 3.16. The number of carbonyl (C=O) groups excluding carboxylic acids is 1. The monoisotopic (exact) mass is 288 g/mol. The van der Waals surface area contributed by atoms with Gasteiger partial charge in [0.2, 0.25) is 0 Å². The zero-order chi connectivity index (χ0) is 14.8. The third kappa shape index (κ3) is 3.21. The van der Waals surface area contributed by atoms with E-state index in [0.717, 1.165) is 50.1 Å². The van der Waals surface area contributed by atoms with Gasteiger partial charge in [0.15, 0.2) is 0 Å². The van der Waals surface area contributed by atoms with E-state index in [0.29, 0.717) is 12.1 Å². The van der Waals surface area contributed by atoms with Gasteiger partial charge < -0.3 is 14.5 Å². The van der Waals surface area contributed by atoms with Gasteiger partial charge in [-0.05, 0) is 64.0 Å². The van der Waals surface area contributed by atoms with Crippen LogP contribution in [-0.4, -0.2) is 55.0 Å². The Balaban J connectivity index is 1.78. The maximum absolute atomic E-state index is 12.9. The number of hydrogen-bond donors (Lipinski definition) is 0. The first-order valence-corrected chi connectivity index (χ1v) is 7.84. The highest BCUT2D eigenvalue weighted by Crippen LogP contribution is 2.33. The van der Waals surface area contributed by atoms with Gasteiger partial charge in [-0.3, -0.25) is 4.79 Å². The maximum atomic E-state index is 12.9. The summed E-state index contributed by atoms with van der Waals surface area (Å²) < 4.78 is 5.24. The Labute approximate surface area is 126 Å². The average molecular weight is 288 g/mol. The van der Waals surface area contributed by atoms with Crippen LogP contribution in [-0.2, 0) is 0 Å². The molecule has 1 aromatic carbocycles. The van der Waals surface area contributed by atoms with Gasteiger partial charge in [0.05, 0.1) is 7.11 Å². The molecule has 0 N–H and O–H groups in total. The summed E-state index contributed by atoms with van der Waals surface area (Å²) in [4.78, 5) is 17.4. The fraction of sp³-hybridized carbons (Fsp3) is 0.588. The number of rotatable bonds is 4. The van der Waals surface area contributed by atoms with E-state index in [1.165, 1.54) is 0 Å². The molecular formula is C17H24N2O2. The first kappa shape index (κ1) is 14.4. The lowest BCUT2D eigenvalue weighted by molar-refractivity contribution is 0.0569. The lowest BCUT2D eigenvalue weighted by Gasteiger charge is -2.37. The van der Waals surface area contributed by atoms with Crippen molar-refractivity contribution in [3.8, 4) is 5.75 Å². The molecule has 3 rings (SSSR count). The predicted molar refractivity (Wildman–Crippen MR) is 82.7 cm³/mol. The van der Waals surface area contributed by atoms with Gasteiger partial charge in [-0.25, -0.2) is 0 Å². The summed E-state index contributed by atoms with van der Waals surface area (Å²) in [5, 5.41) is 0. The Bertz CT molecular complexity index is 505. The van der Waals surface area contributed by atoms with Gasteiger partial charge in [0, 0.05) is 17.6 Å². The van der Waals surface area contributed by atoms with Crippen molar-refractivity contribution < 1.29 is 9.53 Å². The van der Waals surface area contributed by atoms with Crippen LogP contribution in [0.5, 0.6) is 5.75 Å². The van der Waals surface area contributed by atoms with Gasteiger partial charge in [-0.15, -0.1) is 0 Å². The Morgan fingerprint density at radius 2 is 1.86 bits per heavy atom. The minimum Gasteiger partial charge on any atom is -0.497 e. The second-order valence-electron chi connectivity index (χ2n) is 6.21. The van der Waals surface area contributed by atoms with E-state index in [9.17, 15) is 4.79 Å². The van der Waals surface area contributed by atoms with Crippen molar-refractivity contribution >= 4 is 5.91 Å². The van der Waals surface area contributed by atoms with Crippen molar-refractivity contribution in [2.24, 2.45) is 0 Å². The highest BCUT2D eigenvalue weighted by Gasteiger charge is 2.38. The largest absolute Gasteiger partial charge is 0.497 e. The van der Waals surface area contributed by atoms with Crippen LogP contribution in [0.15, 0.2) is 24.3 Å². The molecular weight excluding hydrogens is 264 g/mol. The number of methoxy groups -OCH3 is 1. The fourth-order valence-electron chi connectivity index (χ4n) is 3.16. The Morgan fingerprint density at radius 1 is 1.19 bits per heavy atom. The summed E-state index contributed by atoms with van der Waals surface area (Å²) in [5.74, 6) is 0.922. The average Bonchev–Trinajstić information content (AvgIpc) is 3.34. The summed E-state index contributed by atoms with van der Waals surface area (Å²) in [7, 11) is 3.79. The smallest absolute Gasteiger partial charge is 0.254 e. The molecule has 21 heavy (non-hydrogen) atoms. The highest BCUT2D eigenvalue weighted by atomic mass is 16.5. The molecule has 4 heteroatoms. The van der Waals surface area contributed by atoms with Gasteiger partial charge in [-0.1, -0.05) is 6.07 Å². The Hall–Kier alpha value is -1.55. The van der Waals surface area contributed by atoms with Crippen molar-refractivity contribution in [1.82, 2.24) is 9.80 Å². The maximum Gasteiger partial charge on any atom is 0.254 e. The standard InChI is InChI=1S/C17H24N2O2/c1-18-10-8-15(9-11-18)19(14-6-7-14)17(20)13-4-3-5-16(12-13)21-2/h3-5,12,14-15H,6-11H2,1-2H3. The number of ether oxygens (including phenoxy) is 1. The second-order valence-corrected chi connectivity index (χ2v) is 6.21. The Morgan fingerprint density at radius 3 is 2.48 bits per heavy atom. The molecule has 1 heterocycles. The number of piperidine rings is 1. The normalized spacial score (nSPS) is 20.3. The topological polar surface area (TPSA) is 32.8 Å². The molecule has 0 radical (unpaired) electrons. The van der Waals surface area contributed by atoms with Crippen molar-refractivity contribution in [3.63, 3.8) is 0 Å². The number of amides is 1. The molecule has 0 bridgehead atoms. The van der Waals surface area contributed by atoms with Crippen LogP contribution in [0.2, 0.25) is 0 Å². The highest BCUT2D eigenvalue weighted by molar-refractivity contribution is 5.95. The Kier molecular flexibility index (Phi) is 4.15. The molecule has 1 aliphatic heterocycles. The van der Waals surface area contributed by atoms with E-state index in [1.54, 1.807) is 7.11 Å². The molecule has 0 spiro atoms. The van der Waals surface area contributed by atoms with Crippen LogP contribution >= 0.6 is 0 Å². The van der Waals surface area contributed by atoms with Crippen molar-refractivity contribution in [2.45, 2.75) is 37.8 Å². The molecule has 0 atom stereocenters. The lowest BCUT2D eigenvalue weighted by Crippen LogP contribution is -2.47. The van der Waals surface area contributed by atoms with Gasteiger partial charge in [0.1, 0.15) is 5.75 Å². The first-order chi connectivity index (χ1) is 10.2. The predicted octanol–water partition coefficient (Wildman–Crippen LogP) is 2.39. The van der Waals surface area contributed by atoms with Crippen LogP contribution in [0.4, 0.5) is 0 Å². The second kappa shape index (κ2) is 6.06. The van der Waals surface area contributed by atoms with Crippen LogP contribution in [0, 0.1) is 0 Å². The van der Waals surface area contributed by atoms with Crippen LogP contribution < -0.4 is 4.74 Å². The van der Waals surface area contributed by atoms with Crippen LogP contribution in [0.25, 0.3) is 0 Å². The van der Waals surface area contributed by atoms with Crippen LogP contribution in [0.3, 0.4) is 0 Å². The van der Waals surface area contributed by atoms with Gasteiger partial charge in [-0.2, -0.15) is 0 Å². The summed E-state index contributed by atoms with van der Waals surface area (Å²) in [6.07, 6.45) is 4.48. The summed E-state index contributed by atoms with van der Waals surface area (Å²) in [6, 6.07) is 8.38. The molecule has 1 saturated carbocycles. The first-order valence-electron chi connectivity index (χ1n) is 7.84. The molecule has 0 aromatic heterocycles. The number of likely N-dealkylation sites (tertiary alicyclic amines) is 1. The van der Waals surface area contributed by atoms with Gasteiger partial charge >= 0.3 is 0 Å². The summed E-state index contributed by atoms with van der Waals surface area (Å²) in [5.41, 5.74) is 0.750. The third-order valence-corrected chi connectivity index (χ3v) is 4.57. The molecule has 1 aromatic rings. The van der Waals surface area contributed by atoms with Crippen molar-refractivity contribution in [2.75, 3.05) is 27.2 Å². The third-order valence-electron chi connectivity index (χ3n) is 4.57. The number of benzene rings is 1. The number of hydrogen-bond acceptors (Lipinski definition) is 3. The molecule has 1 amide bonds. The quantitative estimate of drug-likeness (QED) is 0.853. The molecule has 1 saturated heterocycles. The minimum absolute atomic E-state index is 0.172. The van der Waals surface area contributed by atoms with E-state index in [1.807, 2.05) is 24.3 Å². The lowest BCUT2D eigenvalue weighted by atomic mass is 10.0. The van der Waals surface area contributed by atoms with E-state index in [2.05, 4.69) is 16.8 Å². The molecule has 4 nitrogen and oxygen atoms in total. The molecule has 2 aliphatic rings. The van der Waals surface area contributed by atoms with Crippen molar-refractivity contribution in [1.29, 1.82) is 0 Å². The summed E-state index contributed by atoms with van der Waals surface area (Å²) >= 11 is 0. The molecule has 114 valence electrons. The van der Waals surface area contributed by atoms with E-state index < -0.39 is 0 Å². The molecule has 0 unspecified atom stereocenters. The van der Waals surface area contributed by atoms with E-state index in [-0.39, 0.29) is 5.91 Å². The minimum atomic E-state index is 0.172. The zero-order valence-corrected chi connectivity index (χ0v) is 12.9. The zero-order valence-electron chi connectivity index (χ0n) is 12.9. The number of carbonyl (C=O) groups is 1.